The molecule has 150 valence electrons. The number of thiophene rings is 1. The van der Waals surface area contributed by atoms with Gasteiger partial charge >= 0.3 is 5.97 Å². The van der Waals surface area contributed by atoms with Gasteiger partial charge in [-0.15, -0.1) is 11.3 Å². The molecule has 1 N–H and O–H groups in total. The molecule has 0 atom stereocenters. The third-order valence-electron chi connectivity index (χ3n) is 4.39. The maximum absolute atomic E-state index is 12.7. The maximum atomic E-state index is 12.7. The lowest BCUT2D eigenvalue weighted by Gasteiger charge is -2.10. The van der Waals surface area contributed by atoms with Crippen molar-refractivity contribution in [2.45, 2.75) is 26.2 Å². The van der Waals surface area contributed by atoms with Gasteiger partial charge in [0, 0.05) is 23.3 Å². The highest BCUT2D eigenvalue weighted by Gasteiger charge is 2.23. The lowest BCUT2D eigenvalue weighted by atomic mass is 9.97. The predicted octanol–water partition coefficient (Wildman–Crippen LogP) is 3.60. The summed E-state index contributed by atoms with van der Waals surface area (Å²) in [7, 11) is 0. The van der Waals surface area contributed by atoms with Crippen molar-refractivity contribution >= 4 is 45.0 Å². The molecule has 29 heavy (non-hydrogen) atoms. The Balaban J connectivity index is 1.97. The summed E-state index contributed by atoms with van der Waals surface area (Å²) in [6.07, 6.45) is 0.00601. The molecule has 0 spiro atoms. The first-order valence-corrected chi connectivity index (χ1v) is 10.2. The zero-order valence-electron chi connectivity index (χ0n) is 15.9. The van der Waals surface area contributed by atoms with Crippen LogP contribution < -0.4 is 10.4 Å². The van der Waals surface area contributed by atoms with Crippen LogP contribution in [0.15, 0.2) is 47.8 Å². The van der Waals surface area contributed by atoms with Gasteiger partial charge in [-0.3, -0.25) is 4.79 Å². The molecule has 0 bridgehead atoms. The number of esters is 1. The molecule has 0 aliphatic heterocycles. The van der Waals surface area contributed by atoms with Crippen molar-refractivity contribution in [2.24, 2.45) is 0 Å². The van der Waals surface area contributed by atoms with Crippen LogP contribution in [-0.4, -0.2) is 24.5 Å². The van der Waals surface area contributed by atoms with Crippen molar-refractivity contribution in [1.29, 1.82) is 0 Å². The van der Waals surface area contributed by atoms with Crippen LogP contribution in [0.5, 0.6) is 0 Å². The molecule has 1 heterocycles. The van der Waals surface area contributed by atoms with Gasteiger partial charge in [0.05, 0.1) is 6.61 Å². The minimum absolute atomic E-state index is 0.0255. The Labute approximate surface area is 172 Å². The average molecular weight is 410 g/mol. The standard InChI is InChI=1S/C22H21NO5S/c1-2-28-22(27)20-17(16-10-5-8-14-7-3-4-9-15(14)16)13-29-21(20)23-18(24)11-6-12-19(25)26/h3-5,7-10,13H,2,6,11-12H2,1H3,(H,23,24)(H,25,26)/p-1. The van der Waals surface area contributed by atoms with Crippen LogP contribution >= 0.6 is 11.3 Å². The Morgan fingerprint density at radius 2 is 1.79 bits per heavy atom. The summed E-state index contributed by atoms with van der Waals surface area (Å²) in [6.45, 7) is 1.93. The molecule has 0 aliphatic carbocycles. The lowest BCUT2D eigenvalue weighted by Crippen LogP contribution is -2.22. The largest absolute Gasteiger partial charge is 0.550 e. The van der Waals surface area contributed by atoms with Crippen molar-refractivity contribution in [3.05, 3.63) is 53.4 Å². The number of hydrogen-bond donors (Lipinski definition) is 1. The quantitative estimate of drug-likeness (QED) is 0.573. The topological polar surface area (TPSA) is 95.5 Å². The SMILES string of the molecule is CCOC(=O)c1c(-c2cccc3ccccc23)csc1NC(=O)CCCC(=O)[O-]. The second-order valence-corrected chi connectivity index (χ2v) is 7.25. The van der Waals surface area contributed by atoms with Crippen molar-refractivity contribution in [3.8, 4) is 11.1 Å². The Morgan fingerprint density at radius 3 is 2.55 bits per heavy atom. The van der Waals surface area contributed by atoms with E-state index in [0.29, 0.717) is 16.1 Å². The van der Waals surface area contributed by atoms with Gasteiger partial charge < -0.3 is 20.0 Å². The summed E-state index contributed by atoms with van der Waals surface area (Å²) in [5.41, 5.74) is 1.87. The van der Waals surface area contributed by atoms with E-state index in [4.69, 9.17) is 4.74 Å². The lowest BCUT2D eigenvalue weighted by molar-refractivity contribution is -0.305. The molecule has 3 rings (SSSR count). The fourth-order valence-corrected chi connectivity index (χ4v) is 4.06. The number of carboxylic acids is 1. The minimum Gasteiger partial charge on any atom is -0.550 e. The number of nitrogens with one attached hydrogen (secondary N) is 1. The maximum Gasteiger partial charge on any atom is 0.341 e. The number of hydrogen-bond acceptors (Lipinski definition) is 6. The summed E-state index contributed by atoms with van der Waals surface area (Å²) in [6, 6.07) is 13.7. The summed E-state index contributed by atoms with van der Waals surface area (Å²) >= 11 is 1.24. The number of fused-ring (bicyclic) bond motifs is 1. The van der Waals surface area contributed by atoms with Crippen molar-refractivity contribution < 1.29 is 24.2 Å². The molecule has 7 heteroatoms. The van der Waals surface area contributed by atoms with E-state index in [1.807, 2.05) is 47.8 Å². The summed E-state index contributed by atoms with van der Waals surface area (Å²) in [5, 5.41) is 17.5. The zero-order chi connectivity index (χ0) is 20.8. The van der Waals surface area contributed by atoms with Gasteiger partial charge in [-0.25, -0.2) is 4.79 Å². The number of aliphatic carboxylic acids is 1. The number of amides is 1. The van der Waals surface area contributed by atoms with Gasteiger partial charge in [0.1, 0.15) is 10.6 Å². The van der Waals surface area contributed by atoms with Gasteiger partial charge in [-0.1, -0.05) is 42.5 Å². The third kappa shape index (κ3) is 4.81. The number of benzene rings is 2. The van der Waals surface area contributed by atoms with E-state index in [1.165, 1.54) is 11.3 Å². The van der Waals surface area contributed by atoms with Gasteiger partial charge in [0.2, 0.25) is 5.91 Å². The molecule has 0 aliphatic rings. The summed E-state index contributed by atoms with van der Waals surface area (Å²) in [5.74, 6) is -2.07. The fraction of sp³-hybridized carbons (Fsp3) is 0.227. The van der Waals surface area contributed by atoms with Crippen LogP contribution in [0.25, 0.3) is 21.9 Å². The Kier molecular flexibility index (Phi) is 6.61. The molecule has 0 radical (unpaired) electrons. The first-order valence-electron chi connectivity index (χ1n) is 9.27. The molecule has 3 aromatic rings. The molecule has 0 saturated heterocycles. The predicted molar refractivity (Wildman–Crippen MR) is 111 cm³/mol. The van der Waals surface area contributed by atoms with Crippen LogP contribution in [0.2, 0.25) is 0 Å². The first-order chi connectivity index (χ1) is 14.0. The highest BCUT2D eigenvalue weighted by Crippen LogP contribution is 2.39. The molecule has 2 aromatic carbocycles. The number of carbonyl (C=O) groups is 3. The molecular weight excluding hydrogens is 390 g/mol. The van der Waals surface area contributed by atoms with Crippen molar-refractivity contribution in [1.82, 2.24) is 0 Å². The molecule has 1 amide bonds. The Bertz CT molecular complexity index is 1050. The molecule has 0 unspecified atom stereocenters. The minimum atomic E-state index is -1.20. The van der Waals surface area contributed by atoms with E-state index in [-0.39, 0.29) is 31.8 Å². The van der Waals surface area contributed by atoms with E-state index < -0.39 is 11.9 Å². The number of ether oxygens (including phenoxy) is 1. The number of carbonyl (C=O) groups excluding carboxylic acids is 3. The van der Waals surface area contributed by atoms with Gasteiger partial charge in [0.25, 0.3) is 0 Å². The van der Waals surface area contributed by atoms with E-state index >= 15 is 0 Å². The van der Waals surface area contributed by atoms with E-state index in [9.17, 15) is 19.5 Å². The van der Waals surface area contributed by atoms with Crippen LogP contribution in [0.3, 0.4) is 0 Å². The smallest absolute Gasteiger partial charge is 0.341 e. The highest BCUT2D eigenvalue weighted by molar-refractivity contribution is 7.15. The Morgan fingerprint density at radius 1 is 1.03 bits per heavy atom. The van der Waals surface area contributed by atoms with Crippen molar-refractivity contribution in [3.63, 3.8) is 0 Å². The van der Waals surface area contributed by atoms with Crippen LogP contribution in [0, 0.1) is 0 Å². The number of anilines is 1. The van der Waals surface area contributed by atoms with Crippen LogP contribution in [-0.2, 0) is 14.3 Å². The van der Waals surface area contributed by atoms with E-state index in [2.05, 4.69) is 5.32 Å². The summed E-state index contributed by atoms with van der Waals surface area (Å²) in [4.78, 5) is 35.4. The van der Waals surface area contributed by atoms with Crippen LogP contribution in [0.4, 0.5) is 5.00 Å². The van der Waals surface area contributed by atoms with E-state index in [1.54, 1.807) is 6.92 Å². The molecule has 0 saturated carbocycles. The molecule has 1 aromatic heterocycles. The molecular formula is C22H20NO5S-. The normalized spacial score (nSPS) is 10.7. The van der Waals surface area contributed by atoms with Gasteiger partial charge in [-0.2, -0.15) is 0 Å². The van der Waals surface area contributed by atoms with Gasteiger partial charge in [-0.05, 0) is 36.1 Å². The number of carboxylic acid groups (broad SMARTS) is 1. The van der Waals surface area contributed by atoms with E-state index in [0.717, 1.165) is 16.3 Å². The zero-order valence-corrected chi connectivity index (χ0v) is 16.7. The fourth-order valence-electron chi connectivity index (χ4n) is 3.10. The second kappa shape index (κ2) is 9.34. The van der Waals surface area contributed by atoms with Crippen LogP contribution in [0.1, 0.15) is 36.5 Å². The number of rotatable bonds is 8. The molecule has 0 fully saturated rings. The monoisotopic (exact) mass is 410 g/mol. The summed E-state index contributed by atoms with van der Waals surface area (Å²) < 4.78 is 5.23. The van der Waals surface area contributed by atoms with Gasteiger partial charge in [0.15, 0.2) is 0 Å². The second-order valence-electron chi connectivity index (χ2n) is 6.37. The first kappa shape index (κ1) is 20.5. The average Bonchev–Trinajstić information content (AvgIpc) is 3.10. The highest BCUT2D eigenvalue weighted by atomic mass is 32.1. The molecule has 6 nitrogen and oxygen atoms in total. The van der Waals surface area contributed by atoms with Crippen molar-refractivity contribution in [2.75, 3.05) is 11.9 Å². The Hall–Kier alpha value is -3.19. The third-order valence-corrected chi connectivity index (χ3v) is 5.28.